The molecule has 1 amide bonds. The fraction of sp³-hybridized carbons (Fsp3) is 0.357. The van der Waals surface area contributed by atoms with Crippen LogP contribution in [0.15, 0.2) is 24.5 Å². The molecule has 3 heterocycles. The van der Waals surface area contributed by atoms with E-state index in [2.05, 4.69) is 25.8 Å². The molecule has 0 aliphatic carbocycles. The van der Waals surface area contributed by atoms with Gasteiger partial charge in [-0.2, -0.15) is 0 Å². The van der Waals surface area contributed by atoms with E-state index in [4.69, 9.17) is 17.3 Å². The first-order chi connectivity index (χ1) is 10.6. The molecule has 1 saturated heterocycles. The molecule has 0 radical (unpaired) electrons. The third-order valence-corrected chi connectivity index (χ3v) is 4.79. The Labute approximate surface area is 137 Å². The van der Waals surface area contributed by atoms with Crippen LogP contribution in [-0.4, -0.2) is 47.0 Å². The number of amides is 1. The lowest BCUT2D eigenvalue weighted by Crippen LogP contribution is -2.46. The van der Waals surface area contributed by atoms with Crippen molar-refractivity contribution >= 4 is 34.7 Å². The average molecular weight is 338 g/mol. The van der Waals surface area contributed by atoms with Crippen LogP contribution in [0, 0.1) is 0 Å². The highest BCUT2D eigenvalue weighted by atomic mass is 35.5. The molecule has 2 aromatic rings. The maximum Gasteiger partial charge on any atom is 0.268 e. The predicted octanol–water partition coefficient (Wildman–Crippen LogP) is 1.61. The van der Waals surface area contributed by atoms with Gasteiger partial charge >= 0.3 is 0 Å². The quantitative estimate of drug-likeness (QED) is 0.917. The highest BCUT2D eigenvalue weighted by Gasteiger charge is 2.19. The third-order valence-electron chi connectivity index (χ3n) is 3.58. The fourth-order valence-electron chi connectivity index (χ4n) is 2.42. The number of anilines is 1. The maximum absolute atomic E-state index is 11.2. The minimum absolute atomic E-state index is 0.202. The van der Waals surface area contributed by atoms with Gasteiger partial charge in [0.25, 0.3) is 5.91 Å². The Hall–Kier alpha value is -1.70. The van der Waals surface area contributed by atoms with Crippen molar-refractivity contribution in [3.63, 3.8) is 0 Å². The van der Waals surface area contributed by atoms with Crippen LogP contribution in [0.1, 0.15) is 15.4 Å². The maximum atomic E-state index is 11.2. The number of primary amides is 1. The summed E-state index contributed by atoms with van der Waals surface area (Å²) in [6.45, 7) is 4.46. The number of carbonyl (C=O) groups excluding carboxylic acids is 1. The van der Waals surface area contributed by atoms with Crippen LogP contribution in [0.25, 0.3) is 0 Å². The monoisotopic (exact) mass is 337 g/mol. The summed E-state index contributed by atoms with van der Waals surface area (Å²) in [6.07, 6.45) is 3.06. The van der Waals surface area contributed by atoms with Gasteiger partial charge < -0.3 is 10.6 Å². The predicted molar refractivity (Wildman–Crippen MR) is 87.4 cm³/mol. The Kier molecular flexibility index (Phi) is 4.56. The largest absolute Gasteiger partial charge is 0.364 e. The van der Waals surface area contributed by atoms with Crippen molar-refractivity contribution in [2.45, 2.75) is 6.54 Å². The zero-order valence-electron chi connectivity index (χ0n) is 11.9. The first-order valence-electron chi connectivity index (χ1n) is 6.95. The van der Waals surface area contributed by atoms with Gasteiger partial charge in [0.05, 0.1) is 16.7 Å². The van der Waals surface area contributed by atoms with Gasteiger partial charge in [-0.25, -0.2) is 4.98 Å². The summed E-state index contributed by atoms with van der Waals surface area (Å²) in [4.78, 5) is 25.3. The van der Waals surface area contributed by atoms with Crippen LogP contribution in [-0.2, 0) is 6.54 Å². The number of thiophene rings is 1. The van der Waals surface area contributed by atoms with E-state index in [1.54, 1.807) is 17.5 Å². The topological polar surface area (TPSA) is 75.4 Å². The van der Waals surface area contributed by atoms with Crippen LogP contribution in [0.3, 0.4) is 0 Å². The van der Waals surface area contributed by atoms with Crippen LogP contribution in [0.2, 0.25) is 4.34 Å². The number of carbonyl (C=O) groups is 1. The van der Waals surface area contributed by atoms with Gasteiger partial charge in [-0.1, -0.05) is 11.6 Å². The van der Waals surface area contributed by atoms with Crippen LogP contribution >= 0.6 is 22.9 Å². The molecule has 2 N–H and O–H groups in total. The molecule has 8 heteroatoms. The van der Waals surface area contributed by atoms with Crippen LogP contribution in [0.4, 0.5) is 5.82 Å². The average Bonchev–Trinajstić information content (AvgIpc) is 2.93. The van der Waals surface area contributed by atoms with Gasteiger partial charge in [-0.3, -0.25) is 14.7 Å². The first kappa shape index (κ1) is 15.2. The zero-order valence-corrected chi connectivity index (χ0v) is 13.5. The lowest BCUT2D eigenvalue weighted by Gasteiger charge is -2.35. The van der Waals surface area contributed by atoms with Gasteiger partial charge in [0, 0.05) is 37.6 Å². The second-order valence-corrected chi connectivity index (χ2v) is 6.90. The molecule has 0 saturated carbocycles. The van der Waals surface area contributed by atoms with E-state index in [1.807, 2.05) is 6.07 Å². The normalized spacial score (nSPS) is 16.0. The Morgan fingerprint density at radius 3 is 2.68 bits per heavy atom. The van der Waals surface area contributed by atoms with Gasteiger partial charge in [-0.15, -0.1) is 11.3 Å². The molecule has 2 aromatic heterocycles. The lowest BCUT2D eigenvalue weighted by atomic mass is 10.3. The number of hydrogen-bond acceptors (Lipinski definition) is 6. The number of piperazine rings is 1. The summed E-state index contributed by atoms with van der Waals surface area (Å²) < 4.78 is 0.826. The van der Waals surface area contributed by atoms with Crippen molar-refractivity contribution < 1.29 is 4.79 Å². The SMILES string of the molecule is NC(=O)c1cncc(N2CCN(Cc3ccc(Cl)s3)CC2)n1. The van der Waals surface area contributed by atoms with Crippen LogP contribution < -0.4 is 10.6 Å². The second kappa shape index (κ2) is 6.60. The number of nitrogens with zero attached hydrogens (tertiary/aromatic N) is 4. The molecule has 6 nitrogen and oxygen atoms in total. The van der Waals surface area contributed by atoms with E-state index in [0.29, 0.717) is 5.82 Å². The fourth-order valence-corrected chi connectivity index (χ4v) is 3.55. The molecule has 22 heavy (non-hydrogen) atoms. The Bertz CT molecular complexity index is 669. The molecular weight excluding hydrogens is 322 g/mol. The number of nitrogens with two attached hydrogens (primary N) is 1. The third kappa shape index (κ3) is 3.55. The minimum Gasteiger partial charge on any atom is -0.364 e. The molecule has 1 fully saturated rings. The Balaban J connectivity index is 1.59. The van der Waals surface area contributed by atoms with Crippen molar-refractivity contribution in [3.8, 4) is 0 Å². The summed E-state index contributed by atoms with van der Waals surface area (Å²) in [5, 5.41) is 0. The highest BCUT2D eigenvalue weighted by Crippen LogP contribution is 2.23. The van der Waals surface area contributed by atoms with Gasteiger partial charge in [0.15, 0.2) is 0 Å². The van der Waals surface area contributed by atoms with Crippen molar-refractivity contribution in [3.05, 3.63) is 39.4 Å². The molecule has 3 rings (SSSR count). The molecule has 1 aliphatic heterocycles. The number of rotatable bonds is 4. The van der Waals surface area contributed by atoms with Crippen molar-refractivity contribution in [1.82, 2.24) is 14.9 Å². The minimum atomic E-state index is -0.553. The smallest absolute Gasteiger partial charge is 0.268 e. The number of aromatic nitrogens is 2. The molecule has 0 unspecified atom stereocenters. The van der Waals surface area contributed by atoms with Crippen molar-refractivity contribution in [2.75, 3.05) is 31.1 Å². The van der Waals surface area contributed by atoms with E-state index < -0.39 is 5.91 Å². The zero-order chi connectivity index (χ0) is 15.5. The number of hydrogen-bond donors (Lipinski definition) is 1. The molecule has 0 atom stereocenters. The van der Waals surface area contributed by atoms with E-state index in [0.717, 1.165) is 37.1 Å². The van der Waals surface area contributed by atoms with Crippen LogP contribution in [0.5, 0.6) is 0 Å². The molecule has 0 spiro atoms. The first-order valence-corrected chi connectivity index (χ1v) is 8.14. The molecule has 116 valence electrons. The standard InChI is InChI=1S/C14H16ClN5OS/c15-12-2-1-10(22-12)9-19-3-5-20(6-4-19)13-8-17-7-11(18-13)14(16)21/h1-2,7-8H,3-6,9H2,(H2,16,21). The number of halogens is 1. The Morgan fingerprint density at radius 2 is 2.05 bits per heavy atom. The summed E-state index contributed by atoms with van der Waals surface area (Å²) >= 11 is 7.58. The van der Waals surface area contributed by atoms with E-state index in [9.17, 15) is 4.79 Å². The van der Waals surface area contributed by atoms with Crippen molar-refractivity contribution in [1.29, 1.82) is 0 Å². The molecule has 0 bridgehead atoms. The highest BCUT2D eigenvalue weighted by molar-refractivity contribution is 7.16. The summed E-state index contributed by atoms with van der Waals surface area (Å²) in [5.74, 6) is 0.151. The van der Waals surface area contributed by atoms with Gasteiger partial charge in [0.1, 0.15) is 11.5 Å². The molecule has 1 aliphatic rings. The molecule has 0 aromatic carbocycles. The van der Waals surface area contributed by atoms with E-state index in [1.165, 1.54) is 11.1 Å². The summed E-state index contributed by atoms with van der Waals surface area (Å²) in [7, 11) is 0. The van der Waals surface area contributed by atoms with E-state index in [-0.39, 0.29) is 5.69 Å². The Morgan fingerprint density at radius 1 is 1.27 bits per heavy atom. The van der Waals surface area contributed by atoms with Gasteiger partial charge in [-0.05, 0) is 12.1 Å². The van der Waals surface area contributed by atoms with E-state index >= 15 is 0 Å². The summed E-state index contributed by atoms with van der Waals surface area (Å²) in [5.41, 5.74) is 5.45. The van der Waals surface area contributed by atoms with Crippen molar-refractivity contribution in [2.24, 2.45) is 5.73 Å². The van der Waals surface area contributed by atoms with Gasteiger partial charge in [0.2, 0.25) is 0 Å². The summed E-state index contributed by atoms with van der Waals surface area (Å²) in [6, 6.07) is 4.00. The lowest BCUT2D eigenvalue weighted by molar-refractivity contribution is 0.0995. The second-order valence-electron chi connectivity index (χ2n) is 5.10. The molecular formula is C14H16ClN5OS.